The van der Waals surface area contributed by atoms with Crippen LogP contribution in [0.4, 0.5) is 5.69 Å². The summed E-state index contributed by atoms with van der Waals surface area (Å²) in [5, 5.41) is 4.99. The number of para-hydroxylation sites is 1. The molecule has 0 fully saturated rings. The van der Waals surface area contributed by atoms with Crippen LogP contribution in [0.2, 0.25) is 0 Å². The number of anilines is 1. The van der Waals surface area contributed by atoms with Crippen LogP contribution in [0.25, 0.3) is 16.8 Å². The van der Waals surface area contributed by atoms with E-state index in [0.717, 1.165) is 27.8 Å². The minimum atomic E-state index is -0.791. The summed E-state index contributed by atoms with van der Waals surface area (Å²) in [4.78, 5) is 14.5. The van der Waals surface area contributed by atoms with Crippen LogP contribution in [-0.2, 0) is 10.2 Å². The van der Waals surface area contributed by atoms with Gasteiger partial charge < -0.3 is 15.0 Å². The Morgan fingerprint density at radius 1 is 1.03 bits per heavy atom. The molecule has 1 atom stereocenters. The van der Waals surface area contributed by atoms with E-state index in [-0.39, 0.29) is 17.9 Å². The lowest BCUT2D eigenvalue weighted by Crippen LogP contribution is -2.61. The van der Waals surface area contributed by atoms with Crippen LogP contribution in [0, 0.1) is 0 Å². The number of hydrogen-bond acceptors (Lipinski definition) is 3. The maximum absolute atomic E-state index is 12.4. The van der Waals surface area contributed by atoms with Gasteiger partial charge in [-0.2, -0.15) is 0 Å². The van der Waals surface area contributed by atoms with Crippen molar-refractivity contribution in [2.24, 2.45) is 0 Å². The number of likely N-dealkylation sites (N-methyl/N-ethyl adjacent to an activating group) is 1. The molecule has 0 saturated carbocycles. The zero-order chi connectivity index (χ0) is 20.2. The van der Waals surface area contributed by atoms with E-state index in [1.165, 1.54) is 5.56 Å². The molecule has 0 aliphatic carbocycles. The van der Waals surface area contributed by atoms with Crippen LogP contribution in [0.15, 0.2) is 66.7 Å². The first-order valence-electron chi connectivity index (χ1n) is 9.96. The van der Waals surface area contributed by atoms with Crippen molar-refractivity contribution in [2.45, 2.75) is 25.0 Å². The molecule has 2 heterocycles. The summed E-state index contributed by atoms with van der Waals surface area (Å²) in [5.74, 6) is 0.825. The van der Waals surface area contributed by atoms with E-state index in [4.69, 9.17) is 4.74 Å². The number of fused-ring (bicyclic) bond motifs is 4. The Kier molecular flexibility index (Phi) is 3.75. The normalized spacial score (nSPS) is 21.0. The van der Waals surface area contributed by atoms with Gasteiger partial charge in [0.2, 0.25) is 11.6 Å². The molecule has 1 unspecified atom stereocenters. The predicted molar refractivity (Wildman–Crippen MR) is 117 cm³/mol. The molecule has 2 aliphatic rings. The maximum Gasteiger partial charge on any atom is 0.239 e. The molecule has 1 amide bonds. The predicted octanol–water partition coefficient (Wildman–Crippen LogP) is 4.49. The third-order valence-electron chi connectivity index (χ3n) is 6.40. The van der Waals surface area contributed by atoms with Crippen molar-refractivity contribution < 1.29 is 9.53 Å². The lowest BCUT2D eigenvalue weighted by atomic mass is 9.76. The van der Waals surface area contributed by atoms with Gasteiger partial charge in [0.25, 0.3) is 0 Å². The Morgan fingerprint density at radius 3 is 2.62 bits per heavy atom. The van der Waals surface area contributed by atoms with Crippen LogP contribution in [0.3, 0.4) is 0 Å². The van der Waals surface area contributed by atoms with Gasteiger partial charge in [-0.25, -0.2) is 0 Å². The SMILES string of the molecule is CNC(=O)CN1c2ccccc2C(C)(C)C12C=Cc1ccc3ccccc3c1O2. The quantitative estimate of drug-likeness (QED) is 0.708. The molecule has 0 saturated heterocycles. The molecule has 146 valence electrons. The van der Waals surface area contributed by atoms with Gasteiger partial charge in [-0.15, -0.1) is 0 Å². The monoisotopic (exact) mass is 384 g/mol. The van der Waals surface area contributed by atoms with Gasteiger partial charge in [0.05, 0.1) is 5.41 Å². The zero-order valence-electron chi connectivity index (χ0n) is 16.9. The molecule has 0 bridgehead atoms. The number of carbonyl (C=O) groups excluding carboxylic acids is 1. The van der Waals surface area contributed by atoms with Gasteiger partial charge in [-0.1, -0.05) is 54.6 Å². The molecular weight excluding hydrogens is 360 g/mol. The van der Waals surface area contributed by atoms with Crippen molar-refractivity contribution in [3.05, 3.63) is 77.9 Å². The van der Waals surface area contributed by atoms with E-state index < -0.39 is 5.72 Å². The highest BCUT2D eigenvalue weighted by Gasteiger charge is 2.59. The Balaban J connectivity index is 1.73. The number of amides is 1. The Bertz CT molecular complexity index is 1160. The molecule has 4 heteroatoms. The molecule has 1 N–H and O–H groups in total. The Hall–Kier alpha value is -3.27. The summed E-state index contributed by atoms with van der Waals surface area (Å²) in [6.07, 6.45) is 4.25. The van der Waals surface area contributed by atoms with Gasteiger partial charge in [-0.05, 0) is 43.0 Å². The average Bonchev–Trinajstić information content (AvgIpc) is 2.92. The maximum atomic E-state index is 12.4. The first-order chi connectivity index (χ1) is 14.0. The molecule has 3 aromatic carbocycles. The molecule has 1 spiro atoms. The highest BCUT2D eigenvalue weighted by atomic mass is 16.5. The fourth-order valence-electron chi connectivity index (χ4n) is 4.75. The summed E-state index contributed by atoms with van der Waals surface area (Å²) >= 11 is 0. The second kappa shape index (κ2) is 6.11. The lowest BCUT2D eigenvalue weighted by molar-refractivity contribution is -0.120. The van der Waals surface area contributed by atoms with E-state index in [0.29, 0.717) is 0 Å². The van der Waals surface area contributed by atoms with E-state index in [1.807, 2.05) is 24.3 Å². The topological polar surface area (TPSA) is 41.6 Å². The van der Waals surface area contributed by atoms with E-state index in [1.54, 1.807) is 7.05 Å². The van der Waals surface area contributed by atoms with E-state index in [2.05, 4.69) is 72.6 Å². The average molecular weight is 384 g/mol. The molecule has 0 aromatic heterocycles. The van der Waals surface area contributed by atoms with Crippen LogP contribution in [0.5, 0.6) is 5.75 Å². The van der Waals surface area contributed by atoms with Crippen LogP contribution in [0.1, 0.15) is 25.0 Å². The second-order valence-corrected chi connectivity index (χ2v) is 8.24. The minimum Gasteiger partial charge on any atom is -0.462 e. The number of benzene rings is 3. The summed E-state index contributed by atoms with van der Waals surface area (Å²) in [6, 6.07) is 20.8. The fraction of sp³-hybridized carbons (Fsp3) is 0.240. The number of nitrogens with one attached hydrogen (secondary N) is 1. The van der Waals surface area contributed by atoms with Crippen molar-refractivity contribution in [1.29, 1.82) is 0 Å². The molecule has 4 nitrogen and oxygen atoms in total. The van der Waals surface area contributed by atoms with Gasteiger partial charge in [-0.3, -0.25) is 4.79 Å². The lowest BCUT2D eigenvalue weighted by Gasteiger charge is -2.47. The molecular formula is C25H24N2O2. The van der Waals surface area contributed by atoms with Crippen molar-refractivity contribution in [2.75, 3.05) is 18.5 Å². The van der Waals surface area contributed by atoms with Gasteiger partial charge >= 0.3 is 0 Å². The van der Waals surface area contributed by atoms with Crippen molar-refractivity contribution in [1.82, 2.24) is 5.32 Å². The van der Waals surface area contributed by atoms with Crippen LogP contribution in [-0.4, -0.2) is 25.2 Å². The third kappa shape index (κ3) is 2.35. The van der Waals surface area contributed by atoms with Crippen LogP contribution >= 0.6 is 0 Å². The highest BCUT2D eigenvalue weighted by Crippen LogP contribution is 2.55. The van der Waals surface area contributed by atoms with Gasteiger partial charge in [0, 0.05) is 23.7 Å². The van der Waals surface area contributed by atoms with E-state index >= 15 is 0 Å². The highest BCUT2D eigenvalue weighted by molar-refractivity contribution is 5.93. The summed E-state index contributed by atoms with van der Waals surface area (Å²) in [7, 11) is 1.67. The largest absolute Gasteiger partial charge is 0.462 e. The molecule has 3 aromatic rings. The number of nitrogens with zero attached hydrogens (tertiary/aromatic N) is 1. The standard InChI is InChI=1S/C25H24N2O2/c1-24(2)20-10-6-7-11-21(20)27(16-22(28)26-3)25(24)15-14-18-13-12-17-8-4-5-9-19(17)23(18)29-25/h4-15H,16H2,1-3H3,(H,26,28). The smallest absolute Gasteiger partial charge is 0.239 e. The first-order valence-corrected chi connectivity index (χ1v) is 9.96. The fourth-order valence-corrected chi connectivity index (χ4v) is 4.75. The van der Waals surface area contributed by atoms with Gasteiger partial charge in [0.15, 0.2) is 0 Å². The van der Waals surface area contributed by atoms with Crippen molar-refractivity contribution >= 4 is 28.4 Å². The second-order valence-electron chi connectivity index (χ2n) is 8.24. The van der Waals surface area contributed by atoms with Crippen molar-refractivity contribution in [3.8, 4) is 5.75 Å². The summed E-state index contributed by atoms with van der Waals surface area (Å²) in [6.45, 7) is 4.60. The van der Waals surface area contributed by atoms with Crippen LogP contribution < -0.4 is 15.0 Å². The number of carbonyl (C=O) groups is 1. The Labute approximate surface area is 170 Å². The number of hydrogen-bond donors (Lipinski definition) is 1. The molecule has 29 heavy (non-hydrogen) atoms. The minimum absolute atomic E-state index is 0.0439. The van der Waals surface area contributed by atoms with E-state index in [9.17, 15) is 4.79 Å². The molecule has 0 radical (unpaired) electrons. The summed E-state index contributed by atoms with van der Waals surface area (Å²) in [5.41, 5.74) is 2.12. The first kappa shape index (κ1) is 17.8. The zero-order valence-corrected chi connectivity index (χ0v) is 16.9. The summed E-state index contributed by atoms with van der Waals surface area (Å²) < 4.78 is 6.91. The Morgan fingerprint density at radius 2 is 1.79 bits per heavy atom. The number of rotatable bonds is 2. The number of ether oxygens (including phenoxy) is 1. The van der Waals surface area contributed by atoms with Crippen molar-refractivity contribution in [3.63, 3.8) is 0 Å². The molecule has 2 aliphatic heterocycles. The third-order valence-corrected chi connectivity index (χ3v) is 6.40. The van der Waals surface area contributed by atoms with Gasteiger partial charge in [0.1, 0.15) is 12.3 Å². The molecule has 5 rings (SSSR count).